The normalized spacial score (nSPS) is 11.0. The highest BCUT2D eigenvalue weighted by Crippen LogP contribution is 2.15. The largest absolute Gasteiger partial charge is 0.497 e. The van der Waals surface area contributed by atoms with Gasteiger partial charge in [0.15, 0.2) is 5.78 Å². The molecule has 0 radical (unpaired) electrons. The maximum Gasteiger partial charge on any atom is 0.185 e. The number of carbonyl (C=O) groups is 1. The van der Waals surface area contributed by atoms with Gasteiger partial charge in [0, 0.05) is 5.56 Å². The lowest BCUT2D eigenvalue weighted by atomic mass is 10.0. The Bertz CT molecular complexity index is 656. The van der Waals surface area contributed by atoms with Gasteiger partial charge in [-0.2, -0.15) is 0 Å². The highest BCUT2D eigenvalue weighted by atomic mass is 16.5. The highest BCUT2D eigenvalue weighted by Gasteiger charge is 1.99. The summed E-state index contributed by atoms with van der Waals surface area (Å²) in [6.45, 7) is 0. The van der Waals surface area contributed by atoms with Crippen molar-refractivity contribution in [2.75, 3.05) is 7.11 Å². The Labute approximate surface area is 157 Å². The summed E-state index contributed by atoms with van der Waals surface area (Å²) in [6, 6.07) is 17.8. The molecule has 2 heteroatoms. The standard InChI is InChI=1S/C24H30O2/c1-26-23-19-17-21(18-20-23)13-9-6-4-2-3-5-7-12-16-24(25)22-14-10-8-11-15-22/h8,10-12,14-20H,2-7,9,13H2,1H3. The summed E-state index contributed by atoms with van der Waals surface area (Å²) in [5, 5.41) is 0. The van der Waals surface area contributed by atoms with Crippen molar-refractivity contribution in [3.63, 3.8) is 0 Å². The van der Waals surface area contributed by atoms with E-state index in [1.54, 1.807) is 13.2 Å². The summed E-state index contributed by atoms with van der Waals surface area (Å²) in [4.78, 5) is 11.9. The molecule has 0 bridgehead atoms. The van der Waals surface area contributed by atoms with Crippen molar-refractivity contribution in [2.24, 2.45) is 0 Å². The van der Waals surface area contributed by atoms with E-state index in [0.29, 0.717) is 0 Å². The average Bonchev–Trinajstić information content (AvgIpc) is 2.70. The van der Waals surface area contributed by atoms with Gasteiger partial charge in [-0.05, 0) is 49.5 Å². The van der Waals surface area contributed by atoms with Crippen LogP contribution < -0.4 is 4.74 Å². The van der Waals surface area contributed by atoms with E-state index in [9.17, 15) is 4.79 Å². The molecular formula is C24H30O2. The van der Waals surface area contributed by atoms with Gasteiger partial charge in [0.05, 0.1) is 7.11 Å². The van der Waals surface area contributed by atoms with Gasteiger partial charge >= 0.3 is 0 Å². The third kappa shape index (κ3) is 7.69. The van der Waals surface area contributed by atoms with Crippen LogP contribution in [0.3, 0.4) is 0 Å². The maximum atomic E-state index is 11.9. The molecule has 0 aliphatic rings. The topological polar surface area (TPSA) is 26.3 Å². The van der Waals surface area contributed by atoms with Crippen molar-refractivity contribution in [2.45, 2.75) is 51.4 Å². The molecule has 0 saturated carbocycles. The molecule has 2 nitrogen and oxygen atoms in total. The number of hydrogen-bond donors (Lipinski definition) is 0. The van der Waals surface area contributed by atoms with E-state index in [4.69, 9.17) is 4.74 Å². The van der Waals surface area contributed by atoms with Gasteiger partial charge in [0.1, 0.15) is 5.75 Å². The minimum Gasteiger partial charge on any atom is -0.497 e. The fourth-order valence-electron chi connectivity index (χ4n) is 2.98. The minimum atomic E-state index is 0.101. The Balaban J connectivity index is 1.46. The molecule has 0 unspecified atom stereocenters. The monoisotopic (exact) mass is 350 g/mol. The summed E-state index contributed by atoms with van der Waals surface area (Å²) in [7, 11) is 1.70. The van der Waals surface area contributed by atoms with Crippen LogP contribution in [0.1, 0.15) is 60.9 Å². The van der Waals surface area contributed by atoms with E-state index in [1.165, 1.54) is 37.7 Å². The molecule has 0 amide bonds. The lowest BCUT2D eigenvalue weighted by Gasteiger charge is -2.04. The minimum absolute atomic E-state index is 0.101. The molecule has 0 atom stereocenters. The molecule has 0 fully saturated rings. The molecule has 0 aromatic heterocycles. The van der Waals surface area contributed by atoms with E-state index in [-0.39, 0.29) is 5.78 Å². The number of rotatable bonds is 12. The van der Waals surface area contributed by atoms with Gasteiger partial charge in [-0.1, -0.05) is 74.2 Å². The predicted molar refractivity (Wildman–Crippen MR) is 109 cm³/mol. The predicted octanol–water partition coefficient (Wildman–Crippen LogP) is 6.41. The van der Waals surface area contributed by atoms with Crippen molar-refractivity contribution in [3.05, 3.63) is 77.9 Å². The summed E-state index contributed by atoms with van der Waals surface area (Å²) in [5.41, 5.74) is 2.15. The summed E-state index contributed by atoms with van der Waals surface area (Å²) in [5.74, 6) is 1.03. The second-order valence-electron chi connectivity index (χ2n) is 6.64. The number of methoxy groups -OCH3 is 1. The first-order chi connectivity index (χ1) is 12.8. The fraction of sp³-hybridized carbons (Fsp3) is 0.375. The number of carbonyl (C=O) groups excluding carboxylic acids is 1. The molecule has 0 N–H and O–H groups in total. The average molecular weight is 351 g/mol. The zero-order valence-electron chi connectivity index (χ0n) is 15.8. The maximum absolute atomic E-state index is 11.9. The van der Waals surface area contributed by atoms with Crippen molar-refractivity contribution < 1.29 is 9.53 Å². The Kier molecular flexibility index (Phi) is 9.27. The molecule has 2 aromatic carbocycles. The van der Waals surface area contributed by atoms with Crippen LogP contribution in [0.25, 0.3) is 0 Å². The molecule has 0 aliphatic heterocycles. The quantitative estimate of drug-likeness (QED) is 0.251. The zero-order chi connectivity index (χ0) is 18.5. The molecule has 0 aliphatic carbocycles. The lowest BCUT2D eigenvalue weighted by molar-refractivity contribution is 0.104. The molecule has 26 heavy (non-hydrogen) atoms. The number of hydrogen-bond acceptors (Lipinski definition) is 2. The molecular weight excluding hydrogens is 320 g/mol. The molecule has 0 spiro atoms. The smallest absolute Gasteiger partial charge is 0.185 e. The van der Waals surface area contributed by atoms with Gasteiger partial charge in [0.25, 0.3) is 0 Å². The Morgan fingerprint density at radius 1 is 0.846 bits per heavy atom. The highest BCUT2D eigenvalue weighted by molar-refractivity contribution is 6.04. The molecule has 138 valence electrons. The number of ketones is 1. The van der Waals surface area contributed by atoms with Gasteiger partial charge in [-0.3, -0.25) is 4.79 Å². The van der Waals surface area contributed by atoms with E-state index in [0.717, 1.165) is 30.6 Å². The van der Waals surface area contributed by atoms with Crippen LogP contribution in [0.5, 0.6) is 5.75 Å². The SMILES string of the molecule is COc1ccc(CCCCCCCCC=CC(=O)c2ccccc2)cc1. The molecule has 2 rings (SSSR count). The first-order valence-corrected chi connectivity index (χ1v) is 9.68. The van der Waals surface area contributed by atoms with Gasteiger partial charge in [0.2, 0.25) is 0 Å². The Morgan fingerprint density at radius 3 is 2.19 bits per heavy atom. The zero-order valence-corrected chi connectivity index (χ0v) is 15.8. The van der Waals surface area contributed by atoms with E-state index in [1.807, 2.05) is 48.5 Å². The van der Waals surface area contributed by atoms with Gasteiger partial charge < -0.3 is 4.74 Å². The number of ether oxygens (including phenoxy) is 1. The Morgan fingerprint density at radius 2 is 1.50 bits per heavy atom. The van der Waals surface area contributed by atoms with Crippen molar-refractivity contribution in [3.8, 4) is 5.75 Å². The first kappa shape index (κ1) is 20.0. The summed E-state index contributed by atoms with van der Waals surface area (Å²) < 4.78 is 5.18. The summed E-state index contributed by atoms with van der Waals surface area (Å²) in [6.07, 6.45) is 13.4. The summed E-state index contributed by atoms with van der Waals surface area (Å²) >= 11 is 0. The number of benzene rings is 2. The molecule has 0 heterocycles. The van der Waals surface area contributed by atoms with Gasteiger partial charge in [-0.25, -0.2) is 0 Å². The molecule has 0 saturated heterocycles. The van der Waals surface area contributed by atoms with Crippen LogP contribution in [0.15, 0.2) is 66.7 Å². The van der Waals surface area contributed by atoms with Crippen LogP contribution in [0.4, 0.5) is 0 Å². The second-order valence-corrected chi connectivity index (χ2v) is 6.64. The number of allylic oxidation sites excluding steroid dienone is 2. The fourth-order valence-corrected chi connectivity index (χ4v) is 2.98. The van der Waals surface area contributed by atoms with Crippen LogP contribution in [0.2, 0.25) is 0 Å². The van der Waals surface area contributed by atoms with Crippen LogP contribution in [-0.2, 0) is 6.42 Å². The van der Waals surface area contributed by atoms with Crippen molar-refractivity contribution in [1.29, 1.82) is 0 Å². The van der Waals surface area contributed by atoms with Crippen LogP contribution in [0, 0.1) is 0 Å². The van der Waals surface area contributed by atoms with Crippen molar-refractivity contribution >= 4 is 5.78 Å². The van der Waals surface area contributed by atoms with E-state index in [2.05, 4.69) is 12.1 Å². The third-order valence-electron chi connectivity index (χ3n) is 4.57. The van der Waals surface area contributed by atoms with Crippen molar-refractivity contribution in [1.82, 2.24) is 0 Å². The number of aryl methyl sites for hydroxylation is 1. The van der Waals surface area contributed by atoms with E-state index < -0.39 is 0 Å². The van der Waals surface area contributed by atoms with Crippen LogP contribution in [-0.4, -0.2) is 12.9 Å². The first-order valence-electron chi connectivity index (χ1n) is 9.68. The third-order valence-corrected chi connectivity index (χ3v) is 4.57. The van der Waals surface area contributed by atoms with E-state index >= 15 is 0 Å². The molecule has 2 aromatic rings. The number of unbranched alkanes of at least 4 members (excludes halogenated alkanes) is 6. The lowest BCUT2D eigenvalue weighted by Crippen LogP contribution is -1.92. The van der Waals surface area contributed by atoms with Crippen LogP contribution >= 0.6 is 0 Å². The Hall–Kier alpha value is -2.35. The van der Waals surface area contributed by atoms with Gasteiger partial charge in [-0.15, -0.1) is 0 Å². The second kappa shape index (κ2) is 12.1.